The van der Waals surface area contributed by atoms with Crippen molar-refractivity contribution < 1.29 is 14.3 Å². The Kier molecular flexibility index (Phi) is 11.1. The van der Waals surface area contributed by atoms with E-state index in [1.54, 1.807) is 41.3 Å². The average molecular weight is 500 g/mol. The van der Waals surface area contributed by atoms with E-state index in [0.29, 0.717) is 46.8 Å². The molecule has 0 aliphatic carbocycles. The van der Waals surface area contributed by atoms with Gasteiger partial charge in [0, 0.05) is 24.5 Å². The number of hydrogen-bond acceptors (Lipinski definition) is 3. The lowest BCUT2D eigenvalue weighted by atomic mass is 10.1. The molecule has 0 radical (unpaired) electrons. The Hall–Kier alpha value is -1.95. The number of nitrogens with one attached hydrogen (secondary N) is 1. The van der Waals surface area contributed by atoms with Crippen molar-refractivity contribution >= 4 is 46.6 Å². The highest BCUT2D eigenvalue weighted by Crippen LogP contribution is 2.24. The summed E-state index contributed by atoms with van der Waals surface area (Å²) in [5, 5.41) is 4.40. The monoisotopic (exact) mass is 498 g/mol. The number of ether oxygens (including phenoxy) is 1. The Morgan fingerprint density at radius 2 is 1.75 bits per heavy atom. The maximum Gasteiger partial charge on any atom is 0.242 e. The van der Waals surface area contributed by atoms with Crippen LogP contribution in [0.5, 0.6) is 5.75 Å². The molecule has 2 aromatic carbocycles. The first-order valence-corrected chi connectivity index (χ1v) is 11.9. The molecule has 0 fully saturated rings. The van der Waals surface area contributed by atoms with Crippen LogP contribution in [0.2, 0.25) is 15.1 Å². The molecule has 0 saturated heterocycles. The summed E-state index contributed by atoms with van der Waals surface area (Å²) in [6.07, 6.45) is 2.10. The first-order valence-electron chi connectivity index (χ1n) is 10.7. The molecular weight excluding hydrogens is 471 g/mol. The van der Waals surface area contributed by atoms with Crippen LogP contribution in [0.4, 0.5) is 0 Å². The van der Waals surface area contributed by atoms with Gasteiger partial charge in [0.25, 0.3) is 0 Å². The normalized spacial score (nSPS) is 11.7. The lowest BCUT2D eigenvalue weighted by Crippen LogP contribution is -2.49. The van der Waals surface area contributed by atoms with Crippen LogP contribution in [0, 0.1) is 0 Å². The lowest BCUT2D eigenvalue weighted by molar-refractivity contribution is -0.141. The molecule has 8 heteroatoms. The maximum atomic E-state index is 13.1. The fraction of sp³-hybridized carbons (Fsp3) is 0.417. The molecule has 1 atom stereocenters. The van der Waals surface area contributed by atoms with Gasteiger partial charge >= 0.3 is 0 Å². The number of rotatable bonds is 12. The first kappa shape index (κ1) is 26.3. The number of halogens is 3. The molecule has 0 aliphatic heterocycles. The van der Waals surface area contributed by atoms with Crippen LogP contribution in [0.15, 0.2) is 42.5 Å². The average Bonchev–Trinajstić information content (AvgIpc) is 2.78. The summed E-state index contributed by atoms with van der Waals surface area (Å²) in [7, 11) is 0. The zero-order valence-electron chi connectivity index (χ0n) is 18.4. The minimum atomic E-state index is -0.569. The third kappa shape index (κ3) is 8.19. The van der Waals surface area contributed by atoms with E-state index < -0.39 is 6.04 Å². The summed E-state index contributed by atoms with van der Waals surface area (Å²) in [4.78, 5) is 27.5. The van der Waals surface area contributed by atoms with E-state index in [1.165, 1.54) is 0 Å². The molecule has 0 aliphatic rings. The van der Waals surface area contributed by atoms with Crippen molar-refractivity contribution in [3.63, 3.8) is 0 Å². The second kappa shape index (κ2) is 13.6. The highest BCUT2D eigenvalue weighted by atomic mass is 35.5. The Balaban J connectivity index is 2.06. The molecule has 174 valence electrons. The largest absolute Gasteiger partial charge is 0.494 e. The van der Waals surface area contributed by atoms with Gasteiger partial charge < -0.3 is 15.0 Å². The van der Waals surface area contributed by atoms with Crippen LogP contribution in [-0.4, -0.2) is 35.9 Å². The van der Waals surface area contributed by atoms with E-state index in [9.17, 15) is 9.59 Å². The summed E-state index contributed by atoms with van der Waals surface area (Å²) in [5.74, 6) is 0.425. The number of amides is 2. The molecule has 0 saturated carbocycles. The van der Waals surface area contributed by atoms with Crippen LogP contribution >= 0.6 is 34.8 Å². The molecule has 5 nitrogen and oxygen atoms in total. The van der Waals surface area contributed by atoms with E-state index >= 15 is 0 Å². The van der Waals surface area contributed by atoms with Gasteiger partial charge in [0.15, 0.2) is 0 Å². The predicted molar refractivity (Wildman–Crippen MR) is 131 cm³/mol. The van der Waals surface area contributed by atoms with E-state index in [-0.39, 0.29) is 24.8 Å². The lowest BCUT2D eigenvalue weighted by Gasteiger charge is -2.31. The molecule has 0 spiro atoms. The van der Waals surface area contributed by atoms with Gasteiger partial charge in [0.2, 0.25) is 11.8 Å². The van der Waals surface area contributed by atoms with Gasteiger partial charge in [0.05, 0.1) is 16.7 Å². The van der Waals surface area contributed by atoms with Gasteiger partial charge in [-0.1, -0.05) is 54.7 Å². The van der Waals surface area contributed by atoms with Gasteiger partial charge in [-0.25, -0.2) is 0 Å². The highest BCUT2D eigenvalue weighted by molar-refractivity contribution is 6.42. The van der Waals surface area contributed by atoms with E-state index in [1.807, 2.05) is 19.9 Å². The molecule has 2 aromatic rings. The van der Waals surface area contributed by atoms with Crippen molar-refractivity contribution in [1.82, 2.24) is 10.2 Å². The van der Waals surface area contributed by atoms with E-state index in [4.69, 9.17) is 39.5 Å². The number of hydrogen-bond donors (Lipinski definition) is 1. The first-order chi connectivity index (χ1) is 15.3. The molecule has 2 rings (SSSR count). The van der Waals surface area contributed by atoms with Crippen LogP contribution in [0.1, 0.15) is 45.1 Å². The fourth-order valence-electron chi connectivity index (χ4n) is 3.21. The van der Waals surface area contributed by atoms with Crippen LogP contribution in [0.3, 0.4) is 0 Å². The summed E-state index contributed by atoms with van der Waals surface area (Å²) < 4.78 is 5.68. The molecule has 2 amide bonds. The molecule has 0 bridgehead atoms. The van der Waals surface area contributed by atoms with Crippen molar-refractivity contribution in [2.45, 2.75) is 52.1 Å². The topological polar surface area (TPSA) is 58.6 Å². The third-order valence-corrected chi connectivity index (χ3v) is 5.88. The molecule has 0 heterocycles. The summed E-state index contributed by atoms with van der Waals surface area (Å²) >= 11 is 18.1. The van der Waals surface area contributed by atoms with E-state index in [2.05, 4.69) is 5.32 Å². The summed E-state index contributed by atoms with van der Waals surface area (Å²) in [6.45, 7) is 5.10. The molecular formula is C24H29Cl3N2O3. The molecule has 0 unspecified atom stereocenters. The molecule has 0 aromatic heterocycles. The van der Waals surface area contributed by atoms with E-state index in [0.717, 1.165) is 12.0 Å². The minimum absolute atomic E-state index is 0.116. The van der Waals surface area contributed by atoms with Gasteiger partial charge in [-0.05, 0) is 61.2 Å². The summed E-state index contributed by atoms with van der Waals surface area (Å²) in [6, 6.07) is 11.7. The van der Waals surface area contributed by atoms with Gasteiger partial charge in [0.1, 0.15) is 11.8 Å². The van der Waals surface area contributed by atoms with Crippen molar-refractivity contribution in [3.8, 4) is 5.75 Å². The quantitative estimate of drug-likeness (QED) is 0.357. The zero-order valence-corrected chi connectivity index (χ0v) is 20.6. The van der Waals surface area contributed by atoms with Gasteiger partial charge in [-0.15, -0.1) is 0 Å². The van der Waals surface area contributed by atoms with Crippen molar-refractivity contribution in [2.75, 3.05) is 13.2 Å². The maximum absolute atomic E-state index is 13.1. The van der Waals surface area contributed by atoms with Crippen LogP contribution in [-0.2, 0) is 16.1 Å². The van der Waals surface area contributed by atoms with Crippen LogP contribution < -0.4 is 10.1 Å². The fourth-order valence-corrected chi connectivity index (χ4v) is 3.65. The number of benzene rings is 2. The summed E-state index contributed by atoms with van der Waals surface area (Å²) in [5.41, 5.74) is 0.812. The number of carbonyl (C=O) groups excluding carboxylic acids is 2. The zero-order chi connectivity index (χ0) is 23.5. The third-order valence-electron chi connectivity index (χ3n) is 4.89. The number of carbonyl (C=O) groups is 2. The second-order valence-corrected chi connectivity index (χ2v) is 8.64. The highest BCUT2D eigenvalue weighted by Gasteiger charge is 2.28. The Morgan fingerprint density at radius 1 is 1.03 bits per heavy atom. The Labute approximate surface area is 205 Å². The van der Waals surface area contributed by atoms with Gasteiger partial charge in [-0.2, -0.15) is 0 Å². The standard InChI is InChI=1S/C24H29Cl3N2O3/c1-3-13-28-24(31)22(4-2)29(16-17-7-12-20(26)21(27)15-17)23(30)6-5-14-32-19-10-8-18(25)9-11-19/h7-12,15,22H,3-6,13-14,16H2,1-2H3,(H,28,31)/t22-/m1/s1. The second-order valence-electron chi connectivity index (χ2n) is 7.39. The van der Waals surface area contributed by atoms with Crippen LogP contribution in [0.25, 0.3) is 0 Å². The van der Waals surface area contributed by atoms with Crippen molar-refractivity contribution in [1.29, 1.82) is 0 Å². The SMILES string of the molecule is CCCNC(=O)[C@@H](CC)N(Cc1ccc(Cl)c(Cl)c1)C(=O)CCCOc1ccc(Cl)cc1. The molecule has 32 heavy (non-hydrogen) atoms. The smallest absolute Gasteiger partial charge is 0.242 e. The van der Waals surface area contributed by atoms with Gasteiger partial charge in [-0.3, -0.25) is 9.59 Å². The predicted octanol–water partition coefficient (Wildman–Crippen LogP) is 6.14. The molecule has 1 N–H and O–H groups in total. The Bertz CT molecular complexity index is 891. The Morgan fingerprint density at radius 3 is 2.38 bits per heavy atom. The minimum Gasteiger partial charge on any atom is -0.494 e. The van der Waals surface area contributed by atoms with Crippen molar-refractivity contribution in [3.05, 3.63) is 63.1 Å². The van der Waals surface area contributed by atoms with Crippen molar-refractivity contribution in [2.24, 2.45) is 0 Å². The number of nitrogens with zero attached hydrogens (tertiary/aromatic N) is 1.